The van der Waals surface area contributed by atoms with E-state index >= 15 is 0 Å². The predicted molar refractivity (Wildman–Crippen MR) is 79.7 cm³/mol. The second kappa shape index (κ2) is 7.49. The Hall–Kier alpha value is -2.76. The first-order valence-electron chi connectivity index (χ1n) is 6.91. The normalized spacial score (nSPS) is 10.2. The molecule has 2 aromatic rings. The number of aryl methyl sites for hydroxylation is 1. The van der Waals surface area contributed by atoms with Crippen LogP contribution in [0.25, 0.3) is 0 Å². The first kappa shape index (κ1) is 16.6. The van der Waals surface area contributed by atoms with Crippen LogP contribution >= 0.6 is 0 Å². The average molecular weight is 319 g/mol. The van der Waals surface area contributed by atoms with Crippen LogP contribution in [-0.2, 0) is 16.1 Å². The predicted octanol–water partition coefficient (Wildman–Crippen LogP) is 2.75. The highest BCUT2D eigenvalue weighted by Gasteiger charge is 2.13. The summed E-state index contributed by atoms with van der Waals surface area (Å²) >= 11 is 0. The molecule has 0 aliphatic carbocycles. The number of benzene rings is 2. The summed E-state index contributed by atoms with van der Waals surface area (Å²) < 4.78 is 30.6. The lowest BCUT2D eigenvalue weighted by molar-refractivity contribution is -0.124. The summed E-state index contributed by atoms with van der Waals surface area (Å²) in [5.74, 6) is -3.58. The number of amides is 1. The number of esters is 1. The molecule has 1 N–H and O–H groups in total. The fourth-order valence-corrected chi connectivity index (χ4v) is 1.89. The van der Waals surface area contributed by atoms with Crippen LogP contribution < -0.4 is 5.32 Å². The van der Waals surface area contributed by atoms with E-state index < -0.39 is 30.1 Å². The maximum absolute atomic E-state index is 13.0. The Kier molecular flexibility index (Phi) is 5.41. The lowest BCUT2D eigenvalue weighted by Crippen LogP contribution is -2.28. The van der Waals surface area contributed by atoms with Gasteiger partial charge in [0.15, 0.2) is 18.2 Å². The number of ether oxygens (including phenoxy) is 1. The van der Waals surface area contributed by atoms with Gasteiger partial charge in [0.2, 0.25) is 0 Å². The molecule has 0 saturated carbocycles. The molecule has 4 nitrogen and oxygen atoms in total. The van der Waals surface area contributed by atoms with Crippen molar-refractivity contribution in [2.24, 2.45) is 0 Å². The first-order chi connectivity index (χ1) is 11.0. The van der Waals surface area contributed by atoms with Crippen LogP contribution in [0.2, 0.25) is 0 Å². The molecule has 0 bridgehead atoms. The molecule has 1 amide bonds. The Bertz CT molecular complexity index is 732. The van der Waals surface area contributed by atoms with Crippen molar-refractivity contribution < 1.29 is 23.1 Å². The third kappa shape index (κ3) is 4.60. The zero-order valence-corrected chi connectivity index (χ0v) is 12.4. The molecule has 0 heterocycles. The van der Waals surface area contributed by atoms with Gasteiger partial charge in [0.05, 0.1) is 5.56 Å². The Labute approximate surface area is 132 Å². The highest BCUT2D eigenvalue weighted by Crippen LogP contribution is 2.10. The zero-order valence-electron chi connectivity index (χ0n) is 12.4. The molecule has 0 fully saturated rings. The Morgan fingerprint density at radius 3 is 2.52 bits per heavy atom. The van der Waals surface area contributed by atoms with Crippen molar-refractivity contribution in [2.45, 2.75) is 13.5 Å². The van der Waals surface area contributed by atoms with Gasteiger partial charge in [-0.15, -0.1) is 0 Å². The highest BCUT2D eigenvalue weighted by molar-refractivity contribution is 5.91. The lowest BCUT2D eigenvalue weighted by Gasteiger charge is -2.08. The minimum absolute atomic E-state index is 0.157. The largest absolute Gasteiger partial charge is 0.452 e. The van der Waals surface area contributed by atoms with E-state index in [1.54, 1.807) is 0 Å². The molecule has 0 radical (unpaired) electrons. The van der Waals surface area contributed by atoms with Gasteiger partial charge < -0.3 is 10.1 Å². The van der Waals surface area contributed by atoms with Gasteiger partial charge in [0.25, 0.3) is 5.91 Å². The van der Waals surface area contributed by atoms with Crippen molar-refractivity contribution >= 4 is 11.9 Å². The Morgan fingerprint density at radius 1 is 1.09 bits per heavy atom. The fourth-order valence-electron chi connectivity index (χ4n) is 1.89. The second-order valence-corrected chi connectivity index (χ2v) is 4.91. The molecule has 23 heavy (non-hydrogen) atoms. The van der Waals surface area contributed by atoms with Crippen LogP contribution in [0.4, 0.5) is 8.78 Å². The number of hydrogen-bond donors (Lipinski definition) is 1. The SMILES string of the molecule is Cc1ccccc1CNC(=O)COC(=O)c1ccc(F)c(F)c1. The third-order valence-corrected chi connectivity index (χ3v) is 3.23. The number of hydrogen-bond acceptors (Lipinski definition) is 3. The van der Waals surface area contributed by atoms with Gasteiger partial charge in [-0.2, -0.15) is 0 Å². The van der Waals surface area contributed by atoms with Crippen LogP contribution in [0.3, 0.4) is 0 Å². The first-order valence-corrected chi connectivity index (χ1v) is 6.91. The lowest BCUT2D eigenvalue weighted by atomic mass is 10.1. The summed E-state index contributed by atoms with van der Waals surface area (Å²) in [5.41, 5.74) is 1.83. The molecule has 2 aromatic carbocycles. The highest BCUT2D eigenvalue weighted by atomic mass is 19.2. The molecule has 0 unspecified atom stereocenters. The number of carbonyl (C=O) groups excluding carboxylic acids is 2. The average Bonchev–Trinajstić information content (AvgIpc) is 2.54. The monoisotopic (exact) mass is 319 g/mol. The van der Waals surface area contributed by atoms with Gasteiger partial charge in [0, 0.05) is 6.54 Å². The van der Waals surface area contributed by atoms with Crippen LogP contribution in [-0.4, -0.2) is 18.5 Å². The minimum atomic E-state index is -1.15. The van der Waals surface area contributed by atoms with Crippen LogP contribution in [0.1, 0.15) is 21.5 Å². The molecule has 0 aromatic heterocycles. The van der Waals surface area contributed by atoms with Crippen molar-refractivity contribution in [2.75, 3.05) is 6.61 Å². The van der Waals surface area contributed by atoms with E-state index in [1.165, 1.54) is 0 Å². The van der Waals surface area contributed by atoms with Crippen molar-refractivity contribution in [1.29, 1.82) is 0 Å². The minimum Gasteiger partial charge on any atom is -0.452 e. The second-order valence-electron chi connectivity index (χ2n) is 4.91. The standard InChI is InChI=1S/C17H15F2NO3/c1-11-4-2-3-5-13(11)9-20-16(21)10-23-17(22)12-6-7-14(18)15(19)8-12/h2-8H,9-10H2,1H3,(H,20,21). The smallest absolute Gasteiger partial charge is 0.338 e. The van der Waals surface area contributed by atoms with Gasteiger partial charge in [0.1, 0.15) is 0 Å². The van der Waals surface area contributed by atoms with E-state index in [2.05, 4.69) is 5.32 Å². The van der Waals surface area contributed by atoms with E-state index in [9.17, 15) is 18.4 Å². The van der Waals surface area contributed by atoms with E-state index in [0.717, 1.165) is 29.3 Å². The maximum atomic E-state index is 13.0. The molecule has 6 heteroatoms. The molecule has 0 spiro atoms. The van der Waals surface area contributed by atoms with Crippen molar-refractivity contribution in [3.05, 3.63) is 70.8 Å². The molecule has 120 valence electrons. The zero-order chi connectivity index (χ0) is 16.8. The van der Waals surface area contributed by atoms with Gasteiger partial charge in [-0.1, -0.05) is 24.3 Å². The molecular weight excluding hydrogens is 304 g/mol. The summed E-state index contributed by atoms with van der Waals surface area (Å²) in [5, 5.41) is 2.62. The summed E-state index contributed by atoms with van der Waals surface area (Å²) in [7, 11) is 0. The van der Waals surface area contributed by atoms with Crippen LogP contribution in [0, 0.1) is 18.6 Å². The molecular formula is C17H15F2NO3. The van der Waals surface area contributed by atoms with Crippen LogP contribution in [0.15, 0.2) is 42.5 Å². The topological polar surface area (TPSA) is 55.4 Å². The summed E-state index contributed by atoms with van der Waals surface area (Å²) in [4.78, 5) is 23.3. The van der Waals surface area contributed by atoms with E-state index in [1.807, 2.05) is 31.2 Å². The number of rotatable bonds is 5. The number of carbonyl (C=O) groups is 2. The van der Waals surface area contributed by atoms with Gasteiger partial charge in [-0.25, -0.2) is 13.6 Å². The third-order valence-electron chi connectivity index (χ3n) is 3.23. The van der Waals surface area contributed by atoms with Gasteiger partial charge >= 0.3 is 5.97 Å². The van der Waals surface area contributed by atoms with Crippen LogP contribution in [0.5, 0.6) is 0 Å². The molecule has 2 rings (SSSR count). The molecule has 0 atom stereocenters. The van der Waals surface area contributed by atoms with Crippen molar-refractivity contribution in [3.8, 4) is 0 Å². The Morgan fingerprint density at radius 2 is 1.83 bits per heavy atom. The fraction of sp³-hybridized carbons (Fsp3) is 0.176. The Balaban J connectivity index is 1.83. The molecule has 0 aliphatic heterocycles. The summed E-state index contributed by atoms with van der Waals surface area (Å²) in [6.45, 7) is 1.74. The molecule has 0 saturated heterocycles. The van der Waals surface area contributed by atoms with E-state index in [4.69, 9.17) is 4.74 Å². The number of halogens is 2. The van der Waals surface area contributed by atoms with E-state index in [0.29, 0.717) is 6.54 Å². The number of nitrogens with one attached hydrogen (secondary N) is 1. The van der Waals surface area contributed by atoms with Crippen molar-refractivity contribution in [3.63, 3.8) is 0 Å². The van der Waals surface area contributed by atoms with E-state index in [-0.39, 0.29) is 5.56 Å². The summed E-state index contributed by atoms with van der Waals surface area (Å²) in [6.07, 6.45) is 0. The summed E-state index contributed by atoms with van der Waals surface area (Å²) in [6, 6.07) is 10.2. The maximum Gasteiger partial charge on any atom is 0.338 e. The molecule has 0 aliphatic rings. The van der Waals surface area contributed by atoms with Gasteiger partial charge in [-0.05, 0) is 36.2 Å². The quantitative estimate of drug-likeness (QED) is 0.862. The van der Waals surface area contributed by atoms with Gasteiger partial charge in [-0.3, -0.25) is 4.79 Å². The van der Waals surface area contributed by atoms with Crippen molar-refractivity contribution in [1.82, 2.24) is 5.32 Å².